The molecule has 0 amide bonds. The lowest BCUT2D eigenvalue weighted by Gasteiger charge is -2.26. The third kappa shape index (κ3) is 4.81. The van der Waals surface area contributed by atoms with Gasteiger partial charge in [0.15, 0.2) is 0 Å². The maximum atomic E-state index is 5.55. The molecule has 4 aromatic rings. The van der Waals surface area contributed by atoms with Crippen LogP contribution in [0, 0.1) is 5.92 Å². The predicted octanol–water partition coefficient (Wildman–Crippen LogP) is 5.24. The quantitative estimate of drug-likeness (QED) is 0.403. The van der Waals surface area contributed by atoms with Crippen LogP contribution in [0.25, 0.3) is 10.2 Å². The highest BCUT2D eigenvalue weighted by molar-refractivity contribution is 7.19. The number of ether oxygens (including phenoxy) is 1. The third-order valence-corrected chi connectivity index (χ3v) is 8.22. The molecule has 1 aliphatic heterocycles. The summed E-state index contributed by atoms with van der Waals surface area (Å²) >= 11 is 1.86. The Labute approximate surface area is 210 Å². The topological polar surface area (TPSA) is 63.2 Å². The van der Waals surface area contributed by atoms with Crippen LogP contribution in [0.15, 0.2) is 54.7 Å². The van der Waals surface area contributed by atoms with Crippen molar-refractivity contribution in [3.8, 4) is 0 Å². The molecule has 3 aromatic heterocycles. The summed E-state index contributed by atoms with van der Waals surface area (Å²) in [5.41, 5.74) is 3.60. The number of fused-ring (bicyclic) bond motifs is 3. The Bertz CT molecular complexity index is 1250. The van der Waals surface area contributed by atoms with Gasteiger partial charge < -0.3 is 10.1 Å². The van der Waals surface area contributed by atoms with Crippen LogP contribution < -0.4 is 5.32 Å². The van der Waals surface area contributed by atoms with Gasteiger partial charge in [-0.2, -0.15) is 0 Å². The van der Waals surface area contributed by atoms with Crippen LogP contribution in [0.4, 0.5) is 5.82 Å². The second-order valence-electron chi connectivity index (χ2n) is 9.65. The zero-order valence-corrected chi connectivity index (χ0v) is 20.9. The zero-order chi connectivity index (χ0) is 23.6. The maximum absolute atomic E-state index is 5.55. The highest BCUT2D eigenvalue weighted by Gasteiger charge is 2.26. The van der Waals surface area contributed by atoms with Gasteiger partial charge in [-0.25, -0.2) is 9.97 Å². The SMILES string of the molecule is C[C@H]1CCc2c(sc3nc(CN4CCOCC4)nc(N[C@@H](c4ccccc4)c4ccccn4)c23)C1. The number of benzene rings is 1. The second-order valence-corrected chi connectivity index (χ2v) is 10.7. The predicted molar refractivity (Wildman–Crippen MR) is 141 cm³/mol. The summed E-state index contributed by atoms with van der Waals surface area (Å²) in [4.78, 5) is 19.9. The Morgan fingerprint density at radius 2 is 1.91 bits per heavy atom. The molecule has 1 N–H and O–H groups in total. The molecule has 2 aliphatic rings. The van der Waals surface area contributed by atoms with Crippen molar-refractivity contribution in [1.82, 2.24) is 19.9 Å². The molecule has 1 fully saturated rings. The fraction of sp³-hybridized carbons (Fsp3) is 0.393. The molecule has 0 unspecified atom stereocenters. The van der Waals surface area contributed by atoms with Crippen molar-refractivity contribution in [2.24, 2.45) is 5.92 Å². The third-order valence-electron chi connectivity index (χ3n) is 7.07. The molecule has 0 saturated carbocycles. The van der Waals surface area contributed by atoms with Crippen LogP contribution in [0.2, 0.25) is 0 Å². The molecule has 0 bridgehead atoms. The van der Waals surface area contributed by atoms with Crippen molar-refractivity contribution in [1.29, 1.82) is 0 Å². The first-order valence-electron chi connectivity index (χ1n) is 12.6. The van der Waals surface area contributed by atoms with E-state index in [0.717, 1.165) is 73.8 Å². The molecule has 0 spiro atoms. The first-order valence-corrected chi connectivity index (χ1v) is 13.4. The van der Waals surface area contributed by atoms with Gasteiger partial charge >= 0.3 is 0 Å². The Balaban J connectivity index is 1.45. The molecule has 6 rings (SSSR count). The zero-order valence-electron chi connectivity index (χ0n) is 20.1. The van der Waals surface area contributed by atoms with E-state index in [1.165, 1.54) is 27.8 Å². The van der Waals surface area contributed by atoms with Crippen LogP contribution in [-0.2, 0) is 24.1 Å². The number of aromatic nitrogens is 3. The van der Waals surface area contributed by atoms with E-state index in [-0.39, 0.29) is 6.04 Å². The van der Waals surface area contributed by atoms with Crippen LogP contribution >= 0.6 is 11.3 Å². The molecule has 1 aliphatic carbocycles. The van der Waals surface area contributed by atoms with E-state index in [1.807, 2.05) is 29.7 Å². The molecule has 0 radical (unpaired) electrons. The molecule has 6 nitrogen and oxygen atoms in total. The second kappa shape index (κ2) is 10.0. The van der Waals surface area contributed by atoms with Crippen molar-refractivity contribution in [3.05, 3.63) is 82.3 Å². The first kappa shape index (κ1) is 22.6. The number of thiophene rings is 1. The number of hydrogen-bond donors (Lipinski definition) is 1. The summed E-state index contributed by atoms with van der Waals surface area (Å²) in [7, 11) is 0. The number of rotatable bonds is 6. The van der Waals surface area contributed by atoms with Crippen LogP contribution in [0.1, 0.15) is 46.9 Å². The summed E-state index contributed by atoms with van der Waals surface area (Å²) in [6, 6.07) is 16.5. The number of hydrogen-bond acceptors (Lipinski definition) is 7. The minimum Gasteiger partial charge on any atom is -0.379 e. The summed E-state index contributed by atoms with van der Waals surface area (Å²) in [6.45, 7) is 6.48. The van der Waals surface area contributed by atoms with Crippen molar-refractivity contribution in [3.63, 3.8) is 0 Å². The largest absolute Gasteiger partial charge is 0.379 e. The molecule has 1 aromatic carbocycles. The van der Waals surface area contributed by atoms with Gasteiger partial charge in [-0.05, 0) is 48.4 Å². The minimum atomic E-state index is -0.0928. The lowest BCUT2D eigenvalue weighted by molar-refractivity contribution is 0.0331. The number of pyridine rings is 1. The fourth-order valence-electron chi connectivity index (χ4n) is 5.18. The number of nitrogens with one attached hydrogen (secondary N) is 1. The van der Waals surface area contributed by atoms with Gasteiger partial charge in [-0.3, -0.25) is 9.88 Å². The van der Waals surface area contributed by atoms with Gasteiger partial charge in [0.2, 0.25) is 0 Å². The van der Waals surface area contributed by atoms with E-state index in [9.17, 15) is 0 Å². The number of aryl methyl sites for hydroxylation is 1. The van der Waals surface area contributed by atoms with Crippen molar-refractivity contribution >= 4 is 27.4 Å². The fourth-order valence-corrected chi connectivity index (χ4v) is 6.58. The summed E-state index contributed by atoms with van der Waals surface area (Å²) in [5.74, 6) is 2.53. The monoisotopic (exact) mass is 485 g/mol. The van der Waals surface area contributed by atoms with Gasteiger partial charge in [0, 0.05) is 24.2 Å². The number of nitrogens with zero attached hydrogens (tertiary/aromatic N) is 4. The molecular formula is C28H31N5OS. The Morgan fingerprint density at radius 1 is 1.09 bits per heavy atom. The average molecular weight is 486 g/mol. The van der Waals surface area contributed by atoms with Crippen LogP contribution in [-0.4, -0.2) is 46.2 Å². The standard InChI is InChI=1S/C28H31N5OS/c1-19-10-11-21-23(17-19)35-28-25(21)27(30-24(31-28)18-33-13-15-34-16-14-33)32-26(20-7-3-2-4-8-20)22-9-5-6-12-29-22/h2-9,12,19,26H,10-11,13-18H2,1H3,(H,30,31,32)/t19-,26-/m0/s1. The van der Waals surface area contributed by atoms with E-state index >= 15 is 0 Å². The molecular weight excluding hydrogens is 454 g/mol. The van der Waals surface area contributed by atoms with E-state index in [4.69, 9.17) is 19.7 Å². The Morgan fingerprint density at radius 3 is 2.71 bits per heavy atom. The molecule has 35 heavy (non-hydrogen) atoms. The van der Waals surface area contributed by atoms with Crippen LogP contribution in [0.5, 0.6) is 0 Å². The highest BCUT2D eigenvalue weighted by Crippen LogP contribution is 2.41. The summed E-state index contributed by atoms with van der Waals surface area (Å²) in [5, 5.41) is 5.04. The van der Waals surface area contributed by atoms with Gasteiger partial charge in [0.25, 0.3) is 0 Å². The van der Waals surface area contributed by atoms with Crippen molar-refractivity contribution < 1.29 is 4.74 Å². The maximum Gasteiger partial charge on any atom is 0.146 e. The normalized spacial score (nSPS) is 19.4. The van der Waals surface area contributed by atoms with E-state index < -0.39 is 0 Å². The highest BCUT2D eigenvalue weighted by atomic mass is 32.1. The Kier molecular flexibility index (Phi) is 6.46. The van der Waals surface area contributed by atoms with Gasteiger partial charge in [-0.15, -0.1) is 11.3 Å². The number of anilines is 1. The van der Waals surface area contributed by atoms with E-state index in [0.29, 0.717) is 0 Å². The minimum absolute atomic E-state index is 0.0928. The molecule has 2 atom stereocenters. The van der Waals surface area contributed by atoms with Gasteiger partial charge in [0.1, 0.15) is 16.5 Å². The molecule has 1 saturated heterocycles. The van der Waals surface area contributed by atoms with Crippen LogP contribution in [0.3, 0.4) is 0 Å². The molecule has 7 heteroatoms. The first-order chi connectivity index (χ1) is 17.2. The number of morpholine rings is 1. The average Bonchev–Trinajstić information content (AvgIpc) is 3.26. The lowest BCUT2D eigenvalue weighted by Crippen LogP contribution is -2.36. The van der Waals surface area contributed by atoms with Gasteiger partial charge in [0.05, 0.1) is 36.9 Å². The van der Waals surface area contributed by atoms with E-state index in [2.05, 4.69) is 53.5 Å². The molecule has 180 valence electrons. The van der Waals surface area contributed by atoms with Gasteiger partial charge in [-0.1, -0.05) is 43.3 Å². The van der Waals surface area contributed by atoms with Crippen molar-refractivity contribution in [2.75, 3.05) is 31.6 Å². The Hall–Kier alpha value is -2.87. The summed E-state index contributed by atoms with van der Waals surface area (Å²) < 4.78 is 5.55. The van der Waals surface area contributed by atoms with Crippen molar-refractivity contribution in [2.45, 2.75) is 38.8 Å². The lowest BCUT2D eigenvalue weighted by atomic mass is 9.89. The smallest absolute Gasteiger partial charge is 0.146 e. The summed E-state index contributed by atoms with van der Waals surface area (Å²) in [6.07, 6.45) is 5.31. The molecule has 4 heterocycles. The van der Waals surface area contributed by atoms with E-state index in [1.54, 1.807) is 0 Å².